The zero-order chi connectivity index (χ0) is 27.4. The van der Waals surface area contributed by atoms with Crippen LogP contribution in [0.25, 0.3) is 0 Å². The molecule has 0 saturated heterocycles. The normalized spacial score (nSPS) is 15.6. The molecule has 0 aromatic heterocycles. The third-order valence-electron chi connectivity index (χ3n) is 6.34. The molecule has 1 saturated carbocycles. The number of hydrogen-bond donors (Lipinski definition) is 3. The molecule has 4 rings (SSSR count). The van der Waals surface area contributed by atoms with Crippen LogP contribution in [0.15, 0.2) is 42.5 Å². The van der Waals surface area contributed by atoms with E-state index < -0.39 is 23.5 Å². The molecular weight excluding hydrogens is 488 g/mol. The van der Waals surface area contributed by atoms with E-state index in [0.717, 1.165) is 32.1 Å². The van der Waals surface area contributed by atoms with Crippen LogP contribution in [0.5, 0.6) is 0 Å². The van der Waals surface area contributed by atoms with Crippen molar-refractivity contribution in [1.82, 2.24) is 10.2 Å². The second-order valence-electron chi connectivity index (χ2n) is 10.5. The van der Waals surface area contributed by atoms with Gasteiger partial charge >= 0.3 is 6.09 Å². The van der Waals surface area contributed by atoms with Crippen LogP contribution < -0.4 is 16.0 Å². The summed E-state index contributed by atoms with van der Waals surface area (Å²) in [4.78, 5) is 63.9. The van der Waals surface area contributed by atoms with Gasteiger partial charge in [-0.05, 0) is 76.1 Å². The molecule has 10 nitrogen and oxygen atoms in total. The Kier molecular flexibility index (Phi) is 7.80. The van der Waals surface area contributed by atoms with Crippen LogP contribution in [-0.2, 0) is 9.53 Å². The fourth-order valence-electron chi connectivity index (χ4n) is 4.58. The molecule has 2 aliphatic rings. The Balaban J connectivity index is 1.33. The van der Waals surface area contributed by atoms with Gasteiger partial charge in [-0.1, -0.05) is 19.3 Å². The number of fused-ring (bicyclic) bond motifs is 1. The molecule has 200 valence electrons. The Morgan fingerprint density at radius 1 is 0.868 bits per heavy atom. The van der Waals surface area contributed by atoms with Gasteiger partial charge < -0.3 is 20.7 Å². The van der Waals surface area contributed by atoms with E-state index in [1.807, 2.05) is 0 Å². The highest BCUT2D eigenvalue weighted by molar-refractivity contribution is 6.22. The number of alkyl carbamates (subject to hydrolysis) is 1. The minimum absolute atomic E-state index is 0.0828. The van der Waals surface area contributed by atoms with Crippen LogP contribution in [0.3, 0.4) is 0 Å². The zero-order valence-electron chi connectivity index (χ0n) is 21.8. The third kappa shape index (κ3) is 6.37. The smallest absolute Gasteiger partial charge is 0.408 e. The number of hydrogen-bond acceptors (Lipinski definition) is 6. The van der Waals surface area contributed by atoms with Crippen LogP contribution in [0, 0.1) is 0 Å². The fourth-order valence-corrected chi connectivity index (χ4v) is 4.58. The van der Waals surface area contributed by atoms with Gasteiger partial charge in [-0.3, -0.25) is 24.1 Å². The third-order valence-corrected chi connectivity index (χ3v) is 6.34. The lowest BCUT2D eigenvalue weighted by Gasteiger charge is -2.29. The Labute approximate surface area is 221 Å². The monoisotopic (exact) mass is 520 g/mol. The fraction of sp³-hybridized carbons (Fsp3) is 0.393. The predicted molar refractivity (Wildman–Crippen MR) is 141 cm³/mol. The molecule has 2 aromatic carbocycles. The van der Waals surface area contributed by atoms with Crippen molar-refractivity contribution in [2.24, 2.45) is 0 Å². The van der Waals surface area contributed by atoms with Crippen LogP contribution in [0.2, 0.25) is 0 Å². The van der Waals surface area contributed by atoms with E-state index in [1.165, 1.54) is 23.1 Å². The molecule has 38 heavy (non-hydrogen) atoms. The van der Waals surface area contributed by atoms with Gasteiger partial charge in [-0.2, -0.15) is 0 Å². The van der Waals surface area contributed by atoms with Crippen LogP contribution in [-0.4, -0.2) is 52.8 Å². The number of nitrogens with zero attached hydrogens (tertiary/aromatic N) is 1. The van der Waals surface area contributed by atoms with Crippen molar-refractivity contribution in [1.29, 1.82) is 0 Å². The lowest BCUT2D eigenvalue weighted by Crippen LogP contribution is -2.40. The number of ether oxygens (including phenoxy) is 1. The Morgan fingerprint density at radius 3 is 2.11 bits per heavy atom. The second-order valence-corrected chi connectivity index (χ2v) is 10.5. The highest BCUT2D eigenvalue weighted by Crippen LogP contribution is 2.31. The van der Waals surface area contributed by atoms with Crippen molar-refractivity contribution >= 4 is 41.1 Å². The number of carbonyl (C=O) groups excluding carboxylic acids is 5. The highest BCUT2D eigenvalue weighted by atomic mass is 16.6. The summed E-state index contributed by atoms with van der Waals surface area (Å²) in [5, 5.41) is 7.78. The van der Waals surface area contributed by atoms with E-state index in [9.17, 15) is 24.0 Å². The topological polar surface area (TPSA) is 134 Å². The molecular formula is C28H32N4O6. The first-order valence-corrected chi connectivity index (χ1v) is 12.7. The number of nitrogens with one attached hydrogen (secondary N) is 3. The van der Waals surface area contributed by atoms with E-state index in [4.69, 9.17) is 4.74 Å². The first-order valence-electron chi connectivity index (χ1n) is 12.7. The average Bonchev–Trinajstić information content (AvgIpc) is 3.12. The summed E-state index contributed by atoms with van der Waals surface area (Å²) in [6.45, 7) is 4.92. The van der Waals surface area contributed by atoms with Crippen LogP contribution >= 0.6 is 0 Å². The molecule has 2 aromatic rings. The molecule has 0 bridgehead atoms. The number of anilines is 2. The van der Waals surface area contributed by atoms with Crippen molar-refractivity contribution in [2.45, 2.75) is 64.5 Å². The molecule has 1 heterocycles. The van der Waals surface area contributed by atoms with Gasteiger partial charge in [-0.15, -0.1) is 0 Å². The van der Waals surface area contributed by atoms with E-state index in [0.29, 0.717) is 16.9 Å². The van der Waals surface area contributed by atoms with Crippen LogP contribution in [0.1, 0.15) is 83.9 Å². The van der Waals surface area contributed by atoms with Crippen LogP contribution in [0.4, 0.5) is 16.2 Å². The highest BCUT2D eigenvalue weighted by Gasteiger charge is 2.40. The van der Waals surface area contributed by atoms with Crippen molar-refractivity contribution < 1.29 is 28.7 Å². The summed E-state index contributed by atoms with van der Waals surface area (Å²) in [5.41, 5.74) is 1.14. The molecule has 0 radical (unpaired) electrons. The van der Waals surface area contributed by atoms with Crippen molar-refractivity contribution in [3.05, 3.63) is 59.2 Å². The molecule has 0 unspecified atom stereocenters. The summed E-state index contributed by atoms with van der Waals surface area (Å²) in [6.07, 6.45) is 4.05. The van der Waals surface area contributed by atoms with Gasteiger partial charge in [0.15, 0.2) is 0 Å². The minimum Gasteiger partial charge on any atom is -0.444 e. The van der Waals surface area contributed by atoms with E-state index in [-0.39, 0.29) is 35.5 Å². The summed E-state index contributed by atoms with van der Waals surface area (Å²) in [7, 11) is 0. The maximum atomic E-state index is 13.0. The number of rotatable bonds is 6. The molecule has 3 N–H and O–H groups in total. The number of imide groups is 1. The summed E-state index contributed by atoms with van der Waals surface area (Å²) < 4.78 is 5.09. The lowest BCUT2D eigenvalue weighted by molar-refractivity contribution is -0.115. The summed E-state index contributed by atoms with van der Waals surface area (Å²) in [6, 6.07) is 10.9. The first kappa shape index (κ1) is 26.8. The van der Waals surface area contributed by atoms with E-state index >= 15 is 0 Å². The SMILES string of the molecule is CC(C)(C)OC(=O)NCC(=O)Nc1ccc(NC(=O)c2ccc3c(c2)C(=O)N(C2CCCCC2)C3=O)cc1. The largest absolute Gasteiger partial charge is 0.444 e. The standard InChI is InChI=1S/C28H32N4O6/c1-28(2,3)38-27(37)29-16-23(33)30-18-10-12-19(13-11-18)31-24(34)17-9-14-21-22(15-17)26(36)32(25(21)35)20-7-5-4-6-8-20/h9-15,20H,4-8,16H2,1-3H3,(H,29,37)(H,30,33)(H,31,34). The average molecular weight is 521 g/mol. The van der Waals surface area contributed by atoms with Crippen molar-refractivity contribution in [3.8, 4) is 0 Å². The van der Waals surface area contributed by atoms with Gasteiger partial charge in [0.25, 0.3) is 17.7 Å². The lowest BCUT2D eigenvalue weighted by atomic mass is 9.94. The van der Waals surface area contributed by atoms with Gasteiger partial charge in [0, 0.05) is 23.0 Å². The maximum Gasteiger partial charge on any atom is 0.408 e. The van der Waals surface area contributed by atoms with Crippen molar-refractivity contribution in [2.75, 3.05) is 17.2 Å². The molecule has 0 atom stereocenters. The minimum atomic E-state index is -0.690. The van der Waals surface area contributed by atoms with Gasteiger partial charge in [-0.25, -0.2) is 4.79 Å². The molecule has 10 heteroatoms. The first-order chi connectivity index (χ1) is 18.0. The second kappa shape index (κ2) is 11.0. The predicted octanol–water partition coefficient (Wildman–Crippen LogP) is 4.33. The van der Waals surface area contributed by atoms with Gasteiger partial charge in [0.1, 0.15) is 12.1 Å². The number of amides is 5. The number of benzene rings is 2. The summed E-state index contributed by atoms with van der Waals surface area (Å²) >= 11 is 0. The molecule has 5 amide bonds. The van der Waals surface area contributed by atoms with Gasteiger partial charge in [0.2, 0.25) is 5.91 Å². The molecule has 1 aliphatic heterocycles. The molecule has 1 fully saturated rings. The Morgan fingerprint density at radius 2 is 1.47 bits per heavy atom. The number of carbonyl (C=O) groups is 5. The zero-order valence-corrected chi connectivity index (χ0v) is 21.8. The maximum absolute atomic E-state index is 13.0. The summed E-state index contributed by atoms with van der Waals surface area (Å²) in [5.74, 6) is -1.50. The van der Waals surface area contributed by atoms with E-state index in [2.05, 4.69) is 16.0 Å². The molecule has 0 spiro atoms. The quantitative estimate of drug-likeness (QED) is 0.486. The Hall–Kier alpha value is -4.21. The van der Waals surface area contributed by atoms with Crippen molar-refractivity contribution in [3.63, 3.8) is 0 Å². The Bertz CT molecular complexity index is 1260. The molecule has 1 aliphatic carbocycles. The van der Waals surface area contributed by atoms with E-state index in [1.54, 1.807) is 45.0 Å². The van der Waals surface area contributed by atoms with Gasteiger partial charge in [0.05, 0.1) is 11.1 Å².